The fourth-order valence-electron chi connectivity index (χ4n) is 4.00. The molecule has 9 nitrogen and oxygen atoms in total. The van der Waals surface area contributed by atoms with Crippen LogP contribution in [0.3, 0.4) is 0 Å². The zero-order chi connectivity index (χ0) is 22.5. The van der Waals surface area contributed by atoms with Crippen molar-refractivity contribution in [3.8, 4) is 17.2 Å². The molecule has 1 aliphatic rings. The average molecular weight is 420 g/mol. The van der Waals surface area contributed by atoms with E-state index in [1.165, 1.54) is 33.1 Å². The van der Waals surface area contributed by atoms with Crippen LogP contribution >= 0.6 is 0 Å². The maximum Gasteiger partial charge on any atom is 0.195 e. The van der Waals surface area contributed by atoms with Crippen LogP contribution in [0.15, 0.2) is 12.1 Å². The van der Waals surface area contributed by atoms with Gasteiger partial charge in [-0.05, 0) is 43.4 Å². The van der Waals surface area contributed by atoms with Crippen molar-refractivity contribution in [2.45, 2.75) is 44.7 Å². The first kappa shape index (κ1) is 22.0. The van der Waals surface area contributed by atoms with Gasteiger partial charge in [-0.15, -0.1) is 0 Å². The van der Waals surface area contributed by atoms with Crippen LogP contribution in [0.1, 0.15) is 28.4 Å². The number of carbonyl (C=O) groups is 2. The molecule has 2 aromatic carbocycles. The highest BCUT2D eigenvalue weighted by Gasteiger charge is 2.45. The van der Waals surface area contributed by atoms with Gasteiger partial charge in [0.05, 0.1) is 17.1 Å². The van der Waals surface area contributed by atoms with Crippen molar-refractivity contribution in [3.63, 3.8) is 0 Å². The van der Waals surface area contributed by atoms with Gasteiger partial charge in [0.2, 0.25) is 0 Å². The monoisotopic (exact) mass is 420 g/mol. The molecule has 0 radical (unpaired) electrons. The number of benzene rings is 2. The molecule has 0 bridgehead atoms. The molecule has 162 valence electrons. The largest absolute Gasteiger partial charge is 0.508 e. The van der Waals surface area contributed by atoms with Gasteiger partial charge in [0.1, 0.15) is 35.6 Å². The summed E-state index contributed by atoms with van der Waals surface area (Å²) in [5, 5.41) is 61.2. The van der Waals surface area contributed by atoms with E-state index in [0.29, 0.717) is 0 Å². The minimum atomic E-state index is -1.76. The number of phenolic OH excluding ortho intramolecular Hbond substituents is 3. The number of Topliss-reactive ketones (excluding diaryl/α,β-unsaturated/α-hetero) is 2. The molecule has 6 N–H and O–H groups in total. The summed E-state index contributed by atoms with van der Waals surface area (Å²) in [6.07, 6.45) is -6.32. The number of rotatable bonds is 5. The van der Waals surface area contributed by atoms with Crippen LogP contribution in [0.2, 0.25) is 0 Å². The number of phenols is 3. The van der Waals surface area contributed by atoms with Gasteiger partial charge in [0, 0.05) is 18.6 Å². The van der Waals surface area contributed by atoms with E-state index in [2.05, 4.69) is 0 Å². The molecule has 0 spiro atoms. The maximum atomic E-state index is 12.9. The van der Waals surface area contributed by atoms with Gasteiger partial charge in [0.25, 0.3) is 0 Å². The molecular formula is C21H24O9. The summed E-state index contributed by atoms with van der Waals surface area (Å²) in [5.41, 5.74) is 0.214. The van der Waals surface area contributed by atoms with Gasteiger partial charge in [-0.3, -0.25) is 9.59 Å². The van der Waals surface area contributed by atoms with Crippen molar-refractivity contribution < 1.29 is 45.0 Å². The van der Waals surface area contributed by atoms with Crippen molar-refractivity contribution in [3.05, 3.63) is 28.8 Å². The molecular weight excluding hydrogens is 396 g/mol. The summed E-state index contributed by atoms with van der Waals surface area (Å²) in [6.45, 7) is 2.66. The number of methoxy groups -OCH3 is 1. The zero-order valence-electron chi connectivity index (χ0n) is 16.7. The van der Waals surface area contributed by atoms with Gasteiger partial charge in [0.15, 0.2) is 11.6 Å². The lowest BCUT2D eigenvalue weighted by atomic mass is 9.75. The van der Waals surface area contributed by atoms with Gasteiger partial charge in [-0.25, -0.2) is 0 Å². The molecule has 2 aromatic rings. The predicted octanol–water partition coefficient (Wildman–Crippen LogP) is 0.307. The highest BCUT2D eigenvalue weighted by atomic mass is 16.5. The number of ether oxygens (including phenoxy) is 1. The molecule has 30 heavy (non-hydrogen) atoms. The maximum absolute atomic E-state index is 12.9. The van der Waals surface area contributed by atoms with E-state index in [-0.39, 0.29) is 45.4 Å². The highest BCUT2D eigenvalue weighted by molar-refractivity contribution is 6.11. The molecule has 0 saturated heterocycles. The lowest BCUT2D eigenvalue weighted by Gasteiger charge is -2.34. The summed E-state index contributed by atoms with van der Waals surface area (Å²) >= 11 is 0. The first-order valence-electron chi connectivity index (χ1n) is 9.36. The molecule has 4 unspecified atom stereocenters. The molecule has 0 saturated carbocycles. The quantitative estimate of drug-likeness (QED) is 0.399. The number of ketones is 2. The normalized spacial score (nSPS) is 21.9. The Hall–Kier alpha value is -2.72. The Kier molecular flexibility index (Phi) is 5.74. The summed E-state index contributed by atoms with van der Waals surface area (Å²) in [4.78, 5) is 25.4. The Labute approximate surface area is 171 Å². The number of aliphatic hydroxyl groups is 3. The fraction of sp³-hybridized carbons (Fsp3) is 0.429. The minimum Gasteiger partial charge on any atom is -0.508 e. The number of aliphatic hydroxyl groups excluding tert-OH is 3. The Morgan fingerprint density at radius 1 is 1.17 bits per heavy atom. The molecule has 9 heteroatoms. The van der Waals surface area contributed by atoms with Crippen molar-refractivity contribution in [1.82, 2.24) is 0 Å². The summed E-state index contributed by atoms with van der Waals surface area (Å²) in [5.74, 6) is -3.96. The Bertz CT molecular complexity index is 1030. The third kappa shape index (κ3) is 3.29. The second-order valence-corrected chi connectivity index (χ2v) is 7.65. The van der Waals surface area contributed by atoms with E-state index in [1.54, 1.807) is 0 Å². The Morgan fingerprint density at radius 3 is 2.37 bits per heavy atom. The molecule has 0 fully saturated rings. The second kappa shape index (κ2) is 7.84. The minimum absolute atomic E-state index is 0.0352. The van der Waals surface area contributed by atoms with Gasteiger partial charge >= 0.3 is 0 Å². The van der Waals surface area contributed by atoms with Crippen LogP contribution < -0.4 is 0 Å². The predicted molar refractivity (Wildman–Crippen MR) is 105 cm³/mol. The van der Waals surface area contributed by atoms with Crippen molar-refractivity contribution in [1.29, 1.82) is 0 Å². The van der Waals surface area contributed by atoms with Crippen molar-refractivity contribution in [2.24, 2.45) is 5.92 Å². The van der Waals surface area contributed by atoms with E-state index in [0.717, 1.165) is 0 Å². The van der Waals surface area contributed by atoms with E-state index in [9.17, 15) is 40.2 Å². The molecule has 0 aromatic heterocycles. The molecule has 1 aliphatic carbocycles. The molecule has 0 amide bonds. The topological polar surface area (TPSA) is 165 Å². The highest BCUT2D eigenvalue weighted by Crippen LogP contribution is 2.45. The lowest BCUT2D eigenvalue weighted by Crippen LogP contribution is -2.50. The van der Waals surface area contributed by atoms with Crippen LogP contribution in [-0.2, 0) is 16.0 Å². The van der Waals surface area contributed by atoms with Gasteiger partial charge in [-0.2, -0.15) is 0 Å². The molecule has 5 atom stereocenters. The lowest BCUT2D eigenvalue weighted by molar-refractivity contribution is -0.148. The number of hydrogen-bond acceptors (Lipinski definition) is 9. The number of fused-ring (bicyclic) bond motifs is 2. The fourth-order valence-corrected chi connectivity index (χ4v) is 4.00. The summed E-state index contributed by atoms with van der Waals surface area (Å²) < 4.78 is 5.15. The zero-order valence-corrected chi connectivity index (χ0v) is 16.7. The first-order chi connectivity index (χ1) is 14.0. The molecule has 3 rings (SSSR count). The summed E-state index contributed by atoms with van der Waals surface area (Å²) in [7, 11) is 1.18. The van der Waals surface area contributed by atoms with Crippen molar-refractivity contribution >= 4 is 22.3 Å². The standard InChI is InChI=1S/C21H24O9/c1-7-12(23)6-10-4-9-5-11(21(30-3)20(29)16(25)8(2)22)17(26)19(28)14(9)18(27)13(10)15(7)24/h4,6,8,11,16-17,21-27H,5H2,1-3H3/t8?,11?,16-,17?,21?/m0/s1. The third-order valence-corrected chi connectivity index (χ3v) is 5.73. The Balaban J connectivity index is 2.14. The van der Waals surface area contributed by atoms with Gasteiger partial charge in [-0.1, -0.05) is 0 Å². The van der Waals surface area contributed by atoms with E-state index in [1.807, 2.05) is 0 Å². The van der Waals surface area contributed by atoms with Crippen LogP contribution in [0, 0.1) is 12.8 Å². The smallest absolute Gasteiger partial charge is 0.195 e. The number of hydrogen-bond donors (Lipinski definition) is 6. The molecule has 0 aliphatic heterocycles. The van der Waals surface area contributed by atoms with E-state index < -0.39 is 47.6 Å². The number of carbonyl (C=O) groups excluding carboxylic acids is 2. The van der Waals surface area contributed by atoms with E-state index in [4.69, 9.17) is 4.74 Å². The average Bonchev–Trinajstić information content (AvgIpc) is 2.69. The van der Waals surface area contributed by atoms with Crippen LogP contribution in [0.25, 0.3) is 10.8 Å². The first-order valence-corrected chi connectivity index (χ1v) is 9.36. The van der Waals surface area contributed by atoms with Crippen molar-refractivity contribution in [2.75, 3.05) is 7.11 Å². The number of aromatic hydroxyl groups is 3. The van der Waals surface area contributed by atoms with Crippen LogP contribution in [0.4, 0.5) is 0 Å². The Morgan fingerprint density at radius 2 is 1.80 bits per heavy atom. The third-order valence-electron chi connectivity index (χ3n) is 5.73. The van der Waals surface area contributed by atoms with E-state index >= 15 is 0 Å². The second-order valence-electron chi connectivity index (χ2n) is 7.65. The molecule has 0 heterocycles. The van der Waals surface area contributed by atoms with Gasteiger partial charge < -0.3 is 35.4 Å². The summed E-state index contributed by atoms with van der Waals surface area (Å²) in [6, 6.07) is 2.80. The van der Waals surface area contributed by atoms with Crippen LogP contribution in [0.5, 0.6) is 17.2 Å². The van der Waals surface area contributed by atoms with Crippen LogP contribution in [-0.4, -0.2) is 73.7 Å². The SMILES string of the molecule is COC(C(=O)[C@@H](O)C(C)O)C1Cc2cc3cc(O)c(C)c(O)c3c(O)c2C(=O)C1O.